The van der Waals surface area contributed by atoms with E-state index in [2.05, 4.69) is 72.6 Å². The van der Waals surface area contributed by atoms with Gasteiger partial charge in [-0.1, -0.05) is 39.0 Å². The van der Waals surface area contributed by atoms with Crippen molar-refractivity contribution in [2.75, 3.05) is 26.7 Å². The maximum Gasteiger partial charge on any atom is 0.190 e. The van der Waals surface area contributed by atoms with Gasteiger partial charge >= 0.3 is 0 Å². The summed E-state index contributed by atoms with van der Waals surface area (Å²) in [6.45, 7) is 11.6. The first-order chi connectivity index (χ1) is 13.4. The van der Waals surface area contributed by atoms with Gasteiger partial charge in [-0.05, 0) is 43.2 Å². The molecule has 1 fully saturated rings. The van der Waals surface area contributed by atoms with Gasteiger partial charge in [0.2, 0.25) is 0 Å². The van der Waals surface area contributed by atoms with Crippen molar-refractivity contribution in [1.29, 1.82) is 0 Å². The van der Waals surface area contributed by atoms with E-state index in [9.17, 15) is 0 Å². The molecule has 6 heteroatoms. The van der Waals surface area contributed by atoms with Gasteiger partial charge < -0.3 is 20.4 Å². The molecule has 0 aliphatic carbocycles. The number of benzene rings is 1. The van der Waals surface area contributed by atoms with Crippen LogP contribution in [0.2, 0.25) is 0 Å². The van der Waals surface area contributed by atoms with Crippen LogP contribution in [-0.2, 0) is 11.2 Å². The Balaban J connectivity index is 0.00000300. The van der Waals surface area contributed by atoms with Crippen LogP contribution >= 0.6 is 24.0 Å². The molecule has 3 N–H and O–H groups in total. The number of nitrogens with one attached hydrogen (secondary N) is 3. The monoisotopic (exact) mass is 512 g/mol. The fourth-order valence-electron chi connectivity index (χ4n) is 4.42. The molecule has 162 valence electrons. The molecule has 1 saturated heterocycles. The van der Waals surface area contributed by atoms with E-state index in [-0.39, 0.29) is 29.4 Å². The third-order valence-corrected chi connectivity index (χ3v) is 5.75. The molecule has 2 unspecified atom stereocenters. The number of fused-ring (bicyclic) bond motifs is 1. The van der Waals surface area contributed by atoms with Gasteiger partial charge in [-0.2, -0.15) is 0 Å². The van der Waals surface area contributed by atoms with Crippen LogP contribution in [-0.4, -0.2) is 43.8 Å². The summed E-state index contributed by atoms with van der Waals surface area (Å²) in [7, 11) is 1.84. The molecule has 0 spiro atoms. The summed E-state index contributed by atoms with van der Waals surface area (Å²) in [5, 5.41) is 8.32. The second-order valence-electron chi connectivity index (χ2n) is 8.96. The number of halogens is 1. The normalized spacial score (nSPS) is 20.4. The van der Waals surface area contributed by atoms with Gasteiger partial charge in [0.15, 0.2) is 5.96 Å². The molecule has 2 atom stereocenters. The fraction of sp³-hybridized carbons (Fsp3) is 0.609. The minimum atomic E-state index is 0. The van der Waals surface area contributed by atoms with Gasteiger partial charge in [0.1, 0.15) is 0 Å². The topological polar surface area (TPSA) is 61.4 Å². The van der Waals surface area contributed by atoms with Crippen LogP contribution in [0.15, 0.2) is 29.3 Å². The standard InChI is InChI=1S/C23H36N4O.HI/c1-16-18(19-10-6-7-11-20(19)27-16)12-13-25-22(24-5)26-15-17-9-8-14-28-21(17)23(2,3)4;/h6-7,10-11,17,21,27H,8-9,12-15H2,1-5H3,(H2,24,25,26);1H. The van der Waals surface area contributed by atoms with Gasteiger partial charge in [-0.3, -0.25) is 4.99 Å². The Labute approximate surface area is 192 Å². The van der Waals surface area contributed by atoms with Crippen molar-refractivity contribution in [3.05, 3.63) is 35.5 Å². The molecule has 2 aromatic rings. The number of hydrogen-bond acceptors (Lipinski definition) is 2. The average molecular weight is 512 g/mol. The molecule has 1 aliphatic rings. The lowest BCUT2D eigenvalue weighted by Crippen LogP contribution is -2.47. The van der Waals surface area contributed by atoms with Crippen molar-refractivity contribution in [1.82, 2.24) is 15.6 Å². The van der Waals surface area contributed by atoms with E-state index in [0.717, 1.165) is 38.5 Å². The van der Waals surface area contributed by atoms with E-state index in [0.29, 0.717) is 12.0 Å². The van der Waals surface area contributed by atoms with Gasteiger partial charge in [0, 0.05) is 49.3 Å². The molecular weight excluding hydrogens is 475 g/mol. The lowest BCUT2D eigenvalue weighted by Gasteiger charge is -2.40. The summed E-state index contributed by atoms with van der Waals surface area (Å²) in [6.07, 6.45) is 3.61. The molecule has 0 saturated carbocycles. The Hall–Kier alpha value is -1.28. The van der Waals surface area contributed by atoms with E-state index >= 15 is 0 Å². The van der Waals surface area contributed by atoms with Crippen LogP contribution < -0.4 is 10.6 Å². The summed E-state index contributed by atoms with van der Waals surface area (Å²) in [5.74, 6) is 1.39. The third kappa shape index (κ3) is 6.10. The Bertz CT molecular complexity index is 809. The first kappa shape index (κ1) is 24.0. The summed E-state index contributed by atoms with van der Waals surface area (Å²) in [6, 6.07) is 8.51. The van der Waals surface area contributed by atoms with Crippen molar-refractivity contribution in [3.63, 3.8) is 0 Å². The largest absolute Gasteiger partial charge is 0.377 e. The van der Waals surface area contributed by atoms with Crippen molar-refractivity contribution >= 4 is 40.8 Å². The first-order valence-corrected chi connectivity index (χ1v) is 10.5. The number of aromatic amines is 1. The van der Waals surface area contributed by atoms with Crippen LogP contribution in [0.3, 0.4) is 0 Å². The number of H-pyrrole nitrogens is 1. The summed E-state index contributed by atoms with van der Waals surface area (Å²) < 4.78 is 6.10. The molecule has 1 aromatic heterocycles. The van der Waals surface area contributed by atoms with E-state index in [1.807, 2.05) is 7.05 Å². The SMILES string of the molecule is CN=C(NCCc1c(C)[nH]c2ccccc12)NCC1CCCOC1C(C)(C)C.I. The molecule has 5 nitrogen and oxygen atoms in total. The van der Waals surface area contributed by atoms with Gasteiger partial charge in [-0.25, -0.2) is 0 Å². The lowest BCUT2D eigenvalue weighted by molar-refractivity contribution is -0.0835. The highest BCUT2D eigenvalue weighted by molar-refractivity contribution is 14.0. The smallest absolute Gasteiger partial charge is 0.190 e. The zero-order valence-electron chi connectivity index (χ0n) is 18.5. The number of nitrogens with zero attached hydrogens (tertiary/aromatic N) is 1. The molecule has 0 bridgehead atoms. The highest BCUT2D eigenvalue weighted by atomic mass is 127. The fourth-order valence-corrected chi connectivity index (χ4v) is 4.42. The number of rotatable bonds is 5. The zero-order valence-corrected chi connectivity index (χ0v) is 20.8. The predicted molar refractivity (Wildman–Crippen MR) is 133 cm³/mol. The Morgan fingerprint density at radius 3 is 2.72 bits per heavy atom. The van der Waals surface area contributed by atoms with E-state index in [1.54, 1.807) is 0 Å². The van der Waals surface area contributed by atoms with Crippen molar-refractivity contribution in [2.45, 2.75) is 53.1 Å². The molecule has 1 aliphatic heterocycles. The molecule has 3 rings (SSSR count). The summed E-state index contributed by atoms with van der Waals surface area (Å²) in [5.41, 5.74) is 4.00. The Morgan fingerprint density at radius 1 is 1.24 bits per heavy atom. The molecule has 2 heterocycles. The number of ether oxygens (including phenoxy) is 1. The van der Waals surface area contributed by atoms with Crippen LogP contribution in [0.1, 0.15) is 44.9 Å². The van der Waals surface area contributed by atoms with E-state index in [1.165, 1.54) is 28.6 Å². The second kappa shape index (κ2) is 10.7. The molecule has 0 amide bonds. The average Bonchev–Trinajstić information content (AvgIpc) is 2.99. The number of aliphatic imine (C=N–C) groups is 1. The number of aromatic nitrogens is 1. The zero-order chi connectivity index (χ0) is 20.1. The first-order valence-electron chi connectivity index (χ1n) is 10.5. The van der Waals surface area contributed by atoms with Crippen LogP contribution in [0.25, 0.3) is 10.9 Å². The van der Waals surface area contributed by atoms with E-state index < -0.39 is 0 Å². The number of para-hydroxylation sites is 1. The predicted octanol–water partition coefficient (Wildman–Crippen LogP) is 4.64. The van der Waals surface area contributed by atoms with Crippen LogP contribution in [0.4, 0.5) is 0 Å². The van der Waals surface area contributed by atoms with Crippen molar-refractivity contribution in [2.24, 2.45) is 16.3 Å². The maximum absolute atomic E-state index is 6.10. The Morgan fingerprint density at radius 2 is 2.00 bits per heavy atom. The quantitative estimate of drug-likeness (QED) is 0.311. The Kier molecular flexibility index (Phi) is 8.82. The second-order valence-corrected chi connectivity index (χ2v) is 8.96. The molecule has 1 aromatic carbocycles. The number of guanidine groups is 1. The highest BCUT2D eigenvalue weighted by Crippen LogP contribution is 2.33. The number of aryl methyl sites for hydroxylation is 1. The van der Waals surface area contributed by atoms with Gasteiger partial charge in [0.05, 0.1) is 6.10 Å². The summed E-state index contributed by atoms with van der Waals surface area (Å²) in [4.78, 5) is 7.89. The number of hydrogen-bond donors (Lipinski definition) is 3. The minimum Gasteiger partial charge on any atom is -0.377 e. The molecule has 29 heavy (non-hydrogen) atoms. The lowest BCUT2D eigenvalue weighted by atomic mass is 9.78. The van der Waals surface area contributed by atoms with Gasteiger partial charge in [-0.15, -0.1) is 24.0 Å². The minimum absolute atomic E-state index is 0. The van der Waals surface area contributed by atoms with Crippen molar-refractivity contribution < 1.29 is 4.74 Å². The molecular formula is C23H37IN4O. The van der Waals surface area contributed by atoms with Gasteiger partial charge in [0.25, 0.3) is 0 Å². The molecule has 0 radical (unpaired) electrons. The third-order valence-electron chi connectivity index (χ3n) is 5.75. The van der Waals surface area contributed by atoms with Crippen LogP contribution in [0, 0.1) is 18.3 Å². The van der Waals surface area contributed by atoms with Crippen LogP contribution in [0.5, 0.6) is 0 Å². The highest BCUT2D eigenvalue weighted by Gasteiger charge is 2.35. The summed E-state index contributed by atoms with van der Waals surface area (Å²) >= 11 is 0. The maximum atomic E-state index is 6.10. The van der Waals surface area contributed by atoms with Crippen molar-refractivity contribution in [3.8, 4) is 0 Å². The van der Waals surface area contributed by atoms with E-state index in [4.69, 9.17) is 4.74 Å².